The standard InChI is InChI=1S/C15H16N2O3S/c1-20-13-6-4-5-12(9-13)10-16-14(18)11-21-15-7-2-3-8-17(15)19/h2-9H,10-11H2,1H3,(H,16,18). The van der Waals surface area contributed by atoms with Crippen molar-refractivity contribution in [2.45, 2.75) is 11.6 Å². The zero-order valence-electron chi connectivity index (χ0n) is 11.6. The van der Waals surface area contributed by atoms with Gasteiger partial charge in [-0.1, -0.05) is 12.1 Å². The van der Waals surface area contributed by atoms with Crippen molar-refractivity contribution < 1.29 is 14.3 Å². The molecule has 1 amide bonds. The van der Waals surface area contributed by atoms with Crippen LogP contribution in [0, 0.1) is 5.21 Å². The van der Waals surface area contributed by atoms with Gasteiger partial charge in [-0.15, -0.1) is 0 Å². The lowest BCUT2D eigenvalue weighted by molar-refractivity contribution is -0.645. The predicted octanol–water partition coefficient (Wildman–Crippen LogP) is 1.74. The van der Waals surface area contributed by atoms with E-state index in [1.165, 1.54) is 18.0 Å². The molecule has 5 nitrogen and oxygen atoms in total. The van der Waals surface area contributed by atoms with Crippen molar-refractivity contribution in [1.82, 2.24) is 5.32 Å². The van der Waals surface area contributed by atoms with Crippen molar-refractivity contribution in [2.75, 3.05) is 12.9 Å². The quantitative estimate of drug-likeness (QED) is 0.501. The molecule has 0 saturated carbocycles. The van der Waals surface area contributed by atoms with Crippen LogP contribution in [0.5, 0.6) is 5.75 Å². The molecule has 1 heterocycles. The molecule has 6 heteroatoms. The second-order valence-electron chi connectivity index (χ2n) is 4.28. The summed E-state index contributed by atoms with van der Waals surface area (Å²) in [7, 11) is 1.60. The first kappa shape index (κ1) is 15.2. The second-order valence-corrected chi connectivity index (χ2v) is 5.28. The number of carbonyl (C=O) groups excluding carboxylic acids is 1. The van der Waals surface area contributed by atoms with Crippen LogP contribution in [0.25, 0.3) is 0 Å². The lowest BCUT2D eigenvalue weighted by Gasteiger charge is -2.07. The summed E-state index contributed by atoms with van der Waals surface area (Å²) in [6, 6.07) is 12.6. The number of nitrogens with zero attached hydrogens (tertiary/aromatic N) is 1. The van der Waals surface area contributed by atoms with Gasteiger partial charge in [0.15, 0.2) is 6.20 Å². The van der Waals surface area contributed by atoms with Gasteiger partial charge in [0.1, 0.15) is 5.75 Å². The van der Waals surface area contributed by atoms with E-state index in [4.69, 9.17) is 4.74 Å². The molecule has 0 saturated heterocycles. The highest BCUT2D eigenvalue weighted by molar-refractivity contribution is 7.99. The maximum Gasteiger partial charge on any atom is 0.251 e. The molecular formula is C15H16N2O3S. The van der Waals surface area contributed by atoms with E-state index in [2.05, 4.69) is 5.32 Å². The Bertz CT molecular complexity index is 619. The third kappa shape index (κ3) is 4.68. The van der Waals surface area contributed by atoms with Crippen molar-refractivity contribution in [3.8, 4) is 5.75 Å². The number of benzene rings is 1. The summed E-state index contributed by atoms with van der Waals surface area (Å²) in [5, 5.41) is 14.8. The van der Waals surface area contributed by atoms with Gasteiger partial charge in [-0.3, -0.25) is 4.79 Å². The molecule has 2 rings (SSSR count). The van der Waals surface area contributed by atoms with Crippen LogP contribution in [0.2, 0.25) is 0 Å². The third-order valence-electron chi connectivity index (χ3n) is 2.76. The normalized spacial score (nSPS) is 10.1. The summed E-state index contributed by atoms with van der Waals surface area (Å²) < 4.78 is 5.88. The number of rotatable bonds is 6. The molecular weight excluding hydrogens is 288 g/mol. The van der Waals surface area contributed by atoms with Crippen molar-refractivity contribution in [3.63, 3.8) is 0 Å². The van der Waals surface area contributed by atoms with Crippen molar-refractivity contribution in [2.24, 2.45) is 0 Å². The first-order valence-electron chi connectivity index (χ1n) is 6.39. The van der Waals surface area contributed by atoms with E-state index in [9.17, 15) is 10.0 Å². The third-order valence-corrected chi connectivity index (χ3v) is 3.78. The molecule has 0 aliphatic heterocycles. The Morgan fingerprint density at radius 1 is 1.33 bits per heavy atom. The topological polar surface area (TPSA) is 65.3 Å². The number of ether oxygens (including phenoxy) is 1. The van der Waals surface area contributed by atoms with Crippen molar-refractivity contribution in [1.29, 1.82) is 0 Å². The average molecular weight is 304 g/mol. The molecule has 1 N–H and O–H groups in total. The molecule has 1 aromatic carbocycles. The molecule has 110 valence electrons. The Balaban J connectivity index is 1.81. The zero-order chi connectivity index (χ0) is 15.1. The number of pyridine rings is 1. The molecule has 0 unspecified atom stereocenters. The van der Waals surface area contributed by atoms with Gasteiger partial charge in [-0.25, -0.2) is 0 Å². The Labute approximate surface area is 127 Å². The first-order chi connectivity index (χ1) is 10.2. The van der Waals surface area contributed by atoms with Crippen LogP contribution < -0.4 is 14.8 Å². The van der Waals surface area contributed by atoms with Crippen molar-refractivity contribution >= 4 is 17.7 Å². The number of nitrogens with one attached hydrogen (secondary N) is 1. The summed E-state index contributed by atoms with van der Waals surface area (Å²) in [5.41, 5.74) is 0.964. The van der Waals surface area contributed by atoms with Crippen LogP contribution in [0.1, 0.15) is 5.56 Å². The molecule has 0 radical (unpaired) electrons. The van der Waals surface area contributed by atoms with Crippen LogP contribution in [-0.2, 0) is 11.3 Å². The van der Waals surface area contributed by atoms with Crippen LogP contribution in [0.3, 0.4) is 0 Å². The monoisotopic (exact) mass is 304 g/mol. The van der Waals surface area contributed by atoms with Gasteiger partial charge in [-0.05, 0) is 35.5 Å². The summed E-state index contributed by atoms with van der Waals surface area (Å²) in [5.74, 6) is 0.843. The molecule has 0 aliphatic carbocycles. The molecule has 0 aliphatic rings. The molecule has 2 aromatic rings. The van der Waals surface area contributed by atoms with Crippen LogP contribution >= 0.6 is 11.8 Å². The number of hydrogen-bond acceptors (Lipinski definition) is 4. The number of aromatic nitrogens is 1. The zero-order valence-corrected chi connectivity index (χ0v) is 12.4. The van der Waals surface area contributed by atoms with Gasteiger partial charge >= 0.3 is 0 Å². The number of amides is 1. The Kier molecular flexibility index (Phi) is 5.45. The molecule has 1 aromatic heterocycles. The van der Waals surface area contributed by atoms with E-state index in [1.54, 1.807) is 25.3 Å². The van der Waals surface area contributed by atoms with Gasteiger partial charge in [-0.2, -0.15) is 4.73 Å². The minimum atomic E-state index is -0.119. The Hall–Kier alpha value is -2.21. The van der Waals surface area contributed by atoms with Crippen LogP contribution in [0.15, 0.2) is 53.7 Å². The largest absolute Gasteiger partial charge is 0.618 e. The Morgan fingerprint density at radius 3 is 2.95 bits per heavy atom. The van der Waals surface area contributed by atoms with Crippen molar-refractivity contribution in [3.05, 3.63) is 59.4 Å². The van der Waals surface area contributed by atoms with E-state index in [0.717, 1.165) is 16.0 Å². The fraction of sp³-hybridized carbons (Fsp3) is 0.200. The van der Waals surface area contributed by atoms with E-state index < -0.39 is 0 Å². The van der Waals surface area contributed by atoms with Crippen LogP contribution in [-0.4, -0.2) is 18.8 Å². The molecule has 21 heavy (non-hydrogen) atoms. The Morgan fingerprint density at radius 2 is 2.19 bits per heavy atom. The highest BCUT2D eigenvalue weighted by Crippen LogP contribution is 2.13. The SMILES string of the molecule is COc1cccc(CNC(=O)CSc2cccc[n+]2[O-])c1. The van der Waals surface area contributed by atoms with Crippen LogP contribution in [0.4, 0.5) is 0 Å². The maximum absolute atomic E-state index is 11.8. The summed E-state index contributed by atoms with van der Waals surface area (Å²) in [4.78, 5) is 11.8. The lowest BCUT2D eigenvalue weighted by atomic mass is 10.2. The average Bonchev–Trinajstić information content (AvgIpc) is 2.52. The van der Waals surface area contributed by atoms with E-state index in [-0.39, 0.29) is 11.7 Å². The fourth-order valence-corrected chi connectivity index (χ4v) is 2.44. The van der Waals surface area contributed by atoms with E-state index in [0.29, 0.717) is 11.6 Å². The predicted molar refractivity (Wildman–Crippen MR) is 81.0 cm³/mol. The number of carbonyl (C=O) groups is 1. The first-order valence-corrected chi connectivity index (χ1v) is 7.38. The van der Waals surface area contributed by atoms with Gasteiger partial charge in [0.05, 0.1) is 12.9 Å². The van der Waals surface area contributed by atoms with Gasteiger partial charge in [0.25, 0.3) is 5.03 Å². The number of methoxy groups -OCH3 is 1. The lowest BCUT2D eigenvalue weighted by Crippen LogP contribution is -2.29. The summed E-state index contributed by atoms with van der Waals surface area (Å²) >= 11 is 1.21. The van der Waals surface area contributed by atoms with E-state index in [1.807, 2.05) is 24.3 Å². The smallest absolute Gasteiger partial charge is 0.251 e. The fourth-order valence-electron chi connectivity index (χ4n) is 1.70. The number of thioether (sulfide) groups is 1. The van der Waals surface area contributed by atoms with Gasteiger partial charge < -0.3 is 15.3 Å². The molecule has 0 spiro atoms. The van der Waals surface area contributed by atoms with Gasteiger partial charge in [0.2, 0.25) is 5.91 Å². The highest BCUT2D eigenvalue weighted by Gasteiger charge is 2.08. The summed E-state index contributed by atoms with van der Waals surface area (Å²) in [6.07, 6.45) is 1.41. The van der Waals surface area contributed by atoms with E-state index >= 15 is 0 Å². The highest BCUT2D eigenvalue weighted by atomic mass is 32.2. The van der Waals surface area contributed by atoms with Gasteiger partial charge in [0, 0.05) is 18.7 Å². The summed E-state index contributed by atoms with van der Waals surface area (Å²) in [6.45, 7) is 0.433. The number of hydrogen-bond donors (Lipinski definition) is 1. The molecule has 0 fully saturated rings. The second kappa shape index (κ2) is 7.54. The molecule has 0 bridgehead atoms. The maximum atomic E-state index is 11.8. The molecule has 0 atom stereocenters. The minimum Gasteiger partial charge on any atom is -0.618 e. The minimum absolute atomic E-state index is 0.119.